The number of hydrogen-bond acceptors (Lipinski definition) is 4. The van der Waals surface area contributed by atoms with Gasteiger partial charge in [0.15, 0.2) is 5.78 Å². The fraction of sp³-hybridized carbons (Fsp3) is 0.636. The van der Waals surface area contributed by atoms with Crippen LogP contribution in [0.25, 0.3) is 0 Å². The van der Waals surface area contributed by atoms with Crippen LogP contribution in [0.1, 0.15) is 79.8 Å². The Balaban J connectivity index is 1.65. The van der Waals surface area contributed by atoms with Crippen molar-refractivity contribution in [3.8, 4) is 0 Å². The predicted molar refractivity (Wildman–Crippen MR) is 110 cm³/mol. The average molecular weight is 402 g/mol. The third-order valence-electron chi connectivity index (χ3n) is 5.73. The van der Waals surface area contributed by atoms with Crippen molar-refractivity contribution in [2.75, 3.05) is 13.1 Å². The second kappa shape index (κ2) is 8.13. The first-order valence-electron chi connectivity index (χ1n) is 10.4. The molecule has 0 atom stereocenters. The topological polar surface area (TPSA) is 99.3 Å². The number of aromatic nitrogens is 1. The van der Waals surface area contributed by atoms with Crippen LogP contribution in [0, 0.1) is 11.3 Å². The number of nitrogens with zero attached hydrogens (tertiary/aromatic N) is 1. The van der Waals surface area contributed by atoms with E-state index in [0.29, 0.717) is 62.4 Å². The van der Waals surface area contributed by atoms with Gasteiger partial charge in [0.05, 0.1) is 0 Å². The maximum Gasteiger partial charge on any atom is 0.261 e. The van der Waals surface area contributed by atoms with E-state index in [1.54, 1.807) is 0 Å². The maximum absolute atomic E-state index is 12.7. The third kappa shape index (κ3) is 4.95. The maximum atomic E-state index is 12.7. The fourth-order valence-corrected chi connectivity index (χ4v) is 4.21. The zero-order valence-electron chi connectivity index (χ0n) is 17.8. The van der Waals surface area contributed by atoms with Gasteiger partial charge in [0.1, 0.15) is 5.56 Å². The lowest BCUT2D eigenvalue weighted by Crippen LogP contribution is -2.47. The molecule has 0 radical (unpaired) electrons. The number of fused-ring (bicyclic) bond motifs is 1. The molecule has 0 saturated carbocycles. The molecule has 2 N–H and O–H groups in total. The summed E-state index contributed by atoms with van der Waals surface area (Å²) in [6, 6.07) is 1.36. The number of likely N-dealkylation sites (tertiary alicyclic amines) is 1. The molecule has 0 aromatic carbocycles. The van der Waals surface area contributed by atoms with Gasteiger partial charge in [-0.15, -0.1) is 0 Å². The normalized spacial score (nSPS) is 19.2. The zero-order valence-corrected chi connectivity index (χ0v) is 17.8. The molecule has 2 heterocycles. The second-order valence-corrected chi connectivity index (χ2v) is 9.57. The Hall–Kier alpha value is -2.44. The van der Waals surface area contributed by atoms with Crippen LogP contribution in [0.2, 0.25) is 0 Å². The molecule has 29 heavy (non-hydrogen) atoms. The highest BCUT2D eigenvalue weighted by molar-refractivity contribution is 6.02. The first-order valence-corrected chi connectivity index (χ1v) is 10.4. The lowest BCUT2D eigenvalue weighted by Gasteiger charge is -2.33. The largest absolute Gasteiger partial charge is 0.349 e. The molecule has 1 fully saturated rings. The average Bonchev–Trinajstić information content (AvgIpc) is 2.60. The quantitative estimate of drug-likeness (QED) is 0.809. The molecule has 0 spiro atoms. The van der Waals surface area contributed by atoms with Crippen LogP contribution in [-0.4, -0.2) is 46.6 Å². The molecule has 1 aromatic rings. The summed E-state index contributed by atoms with van der Waals surface area (Å²) in [4.78, 5) is 54.4. The number of nitrogens with one attached hydrogen (secondary N) is 2. The van der Waals surface area contributed by atoms with Gasteiger partial charge in [0.2, 0.25) is 5.91 Å². The number of piperidine rings is 1. The molecule has 0 unspecified atom stereocenters. The summed E-state index contributed by atoms with van der Waals surface area (Å²) in [7, 11) is 0. The van der Waals surface area contributed by atoms with E-state index in [1.807, 2.05) is 32.6 Å². The molecule has 0 bridgehead atoms. The van der Waals surface area contributed by atoms with Crippen LogP contribution < -0.4 is 10.9 Å². The van der Waals surface area contributed by atoms with Crippen molar-refractivity contribution in [1.82, 2.24) is 15.2 Å². The summed E-state index contributed by atoms with van der Waals surface area (Å²) in [6.07, 6.45) is 2.85. The fourth-order valence-electron chi connectivity index (χ4n) is 4.21. The molecule has 2 aliphatic rings. The summed E-state index contributed by atoms with van der Waals surface area (Å²) in [6.45, 7) is 9.23. The monoisotopic (exact) mass is 401 g/mol. The SMILES string of the molecule is CC(C)CC(=O)N1CCC(NC(=O)c2cc3c([nH]c2=O)CC(C)(C)CC3=O)CC1. The van der Waals surface area contributed by atoms with E-state index in [-0.39, 0.29) is 28.7 Å². The number of carbonyl (C=O) groups is 3. The number of Topliss-reactive ketones (excluding diaryl/α,β-unsaturated/α-hetero) is 1. The molecule has 1 saturated heterocycles. The summed E-state index contributed by atoms with van der Waals surface area (Å²) < 4.78 is 0. The van der Waals surface area contributed by atoms with Gasteiger partial charge in [0.25, 0.3) is 11.5 Å². The first-order chi connectivity index (χ1) is 13.6. The van der Waals surface area contributed by atoms with Gasteiger partial charge in [-0.3, -0.25) is 19.2 Å². The predicted octanol–water partition coefficient (Wildman–Crippen LogP) is 2.30. The molecular formula is C22H31N3O4. The molecule has 2 amide bonds. The van der Waals surface area contributed by atoms with Gasteiger partial charge in [-0.2, -0.15) is 0 Å². The van der Waals surface area contributed by atoms with Gasteiger partial charge in [-0.05, 0) is 36.7 Å². The minimum absolute atomic E-state index is 0.0184. The van der Waals surface area contributed by atoms with Gasteiger partial charge < -0.3 is 15.2 Å². The van der Waals surface area contributed by atoms with E-state index in [2.05, 4.69) is 10.3 Å². The van der Waals surface area contributed by atoms with E-state index < -0.39 is 11.5 Å². The molecular weight excluding hydrogens is 370 g/mol. The van der Waals surface area contributed by atoms with Crippen molar-refractivity contribution >= 4 is 17.6 Å². The lowest BCUT2D eigenvalue weighted by atomic mass is 9.75. The Morgan fingerprint density at radius 1 is 1.21 bits per heavy atom. The number of pyridine rings is 1. The van der Waals surface area contributed by atoms with E-state index in [1.165, 1.54) is 6.07 Å². The number of carbonyl (C=O) groups excluding carboxylic acids is 3. The molecule has 1 aliphatic heterocycles. The molecule has 7 heteroatoms. The van der Waals surface area contributed by atoms with Crippen LogP contribution in [0.15, 0.2) is 10.9 Å². The van der Waals surface area contributed by atoms with Crippen molar-refractivity contribution in [3.05, 3.63) is 33.2 Å². The highest BCUT2D eigenvalue weighted by Gasteiger charge is 2.33. The summed E-state index contributed by atoms with van der Waals surface area (Å²) >= 11 is 0. The Morgan fingerprint density at radius 3 is 2.48 bits per heavy atom. The summed E-state index contributed by atoms with van der Waals surface area (Å²) in [5, 5.41) is 2.91. The van der Waals surface area contributed by atoms with Crippen LogP contribution in [0.4, 0.5) is 0 Å². The minimum Gasteiger partial charge on any atom is -0.349 e. The second-order valence-electron chi connectivity index (χ2n) is 9.57. The standard InChI is InChI=1S/C22H31N3O4/c1-13(2)9-19(27)25-7-5-14(6-8-25)23-20(28)16-10-15-17(24-21(16)29)11-22(3,4)12-18(15)26/h10,13-14H,5-9,11-12H2,1-4H3,(H,23,28)(H,24,29). The van der Waals surface area contributed by atoms with Crippen molar-refractivity contribution in [2.24, 2.45) is 11.3 Å². The Kier molecular flexibility index (Phi) is 5.96. The van der Waals surface area contributed by atoms with Crippen LogP contribution in [0.5, 0.6) is 0 Å². The van der Waals surface area contributed by atoms with Gasteiger partial charge in [-0.1, -0.05) is 27.7 Å². The van der Waals surface area contributed by atoms with Crippen molar-refractivity contribution in [1.29, 1.82) is 0 Å². The van der Waals surface area contributed by atoms with Crippen molar-refractivity contribution in [2.45, 2.75) is 65.8 Å². The number of rotatable bonds is 4. The van der Waals surface area contributed by atoms with E-state index >= 15 is 0 Å². The van der Waals surface area contributed by atoms with Gasteiger partial charge >= 0.3 is 0 Å². The van der Waals surface area contributed by atoms with E-state index in [0.717, 1.165) is 0 Å². The lowest BCUT2D eigenvalue weighted by molar-refractivity contribution is -0.133. The Labute approximate surface area is 171 Å². The Morgan fingerprint density at radius 2 is 1.86 bits per heavy atom. The first kappa shape index (κ1) is 21.3. The summed E-state index contributed by atoms with van der Waals surface area (Å²) in [5.74, 6) is -0.0292. The number of hydrogen-bond donors (Lipinski definition) is 2. The highest BCUT2D eigenvalue weighted by Crippen LogP contribution is 2.33. The molecule has 1 aliphatic carbocycles. The molecule has 3 rings (SSSR count). The Bertz CT molecular complexity index is 877. The molecule has 7 nitrogen and oxygen atoms in total. The smallest absolute Gasteiger partial charge is 0.261 e. The summed E-state index contributed by atoms with van der Waals surface area (Å²) in [5.41, 5.74) is 0.386. The van der Waals surface area contributed by atoms with Crippen LogP contribution >= 0.6 is 0 Å². The highest BCUT2D eigenvalue weighted by atomic mass is 16.2. The van der Waals surface area contributed by atoms with E-state index in [4.69, 9.17) is 0 Å². The number of aromatic amines is 1. The number of H-pyrrole nitrogens is 1. The minimum atomic E-state index is -0.462. The van der Waals surface area contributed by atoms with E-state index in [9.17, 15) is 19.2 Å². The van der Waals surface area contributed by atoms with Gasteiger partial charge in [-0.25, -0.2) is 0 Å². The molecule has 1 aromatic heterocycles. The third-order valence-corrected chi connectivity index (χ3v) is 5.73. The van der Waals surface area contributed by atoms with Crippen molar-refractivity contribution < 1.29 is 14.4 Å². The zero-order chi connectivity index (χ0) is 21.3. The number of amides is 2. The van der Waals surface area contributed by atoms with Crippen LogP contribution in [0.3, 0.4) is 0 Å². The molecule has 158 valence electrons. The van der Waals surface area contributed by atoms with Gasteiger partial charge in [0, 0.05) is 43.2 Å². The van der Waals surface area contributed by atoms with Crippen LogP contribution in [-0.2, 0) is 11.2 Å². The number of ketones is 1. The van der Waals surface area contributed by atoms with Crippen molar-refractivity contribution in [3.63, 3.8) is 0 Å².